The maximum Gasteiger partial charge on any atom is 0.326 e. The molecule has 0 bridgehead atoms. The summed E-state index contributed by atoms with van der Waals surface area (Å²) in [5.74, 6) is -3.54. The molecule has 11 nitrogen and oxygen atoms in total. The molecule has 1 aromatic rings. The van der Waals surface area contributed by atoms with Crippen molar-refractivity contribution in [1.82, 2.24) is 15.5 Å². The number of hydrogen-bond acceptors (Lipinski definition) is 7. The van der Waals surface area contributed by atoms with E-state index in [-0.39, 0.29) is 31.6 Å². The van der Waals surface area contributed by atoms with Gasteiger partial charge in [-0.1, -0.05) is 30.3 Å². The van der Waals surface area contributed by atoms with Gasteiger partial charge in [0.25, 0.3) is 0 Å². The molecule has 1 aliphatic heterocycles. The molecule has 7 N–H and O–H groups in total. The Bertz CT molecular complexity index is 899. The van der Waals surface area contributed by atoms with Gasteiger partial charge in [0, 0.05) is 25.1 Å². The van der Waals surface area contributed by atoms with Gasteiger partial charge in [0.15, 0.2) is 0 Å². The minimum absolute atomic E-state index is 0.0920. The molecule has 186 valence electrons. The van der Waals surface area contributed by atoms with Crippen LogP contribution in [0, 0.1) is 0 Å². The topological polar surface area (TPSA) is 185 Å². The number of primary amides is 1. The number of carboxylic acid groups (broad SMARTS) is 1. The largest absolute Gasteiger partial charge is 0.480 e. The van der Waals surface area contributed by atoms with E-state index in [9.17, 15) is 29.1 Å². The summed E-state index contributed by atoms with van der Waals surface area (Å²) in [5.41, 5.74) is 11.6. The van der Waals surface area contributed by atoms with E-state index in [1.54, 1.807) is 0 Å². The Hall–Kier alpha value is -3.12. The fourth-order valence-electron chi connectivity index (χ4n) is 3.73. The third kappa shape index (κ3) is 7.73. The standard InChI is InChI=1S/C22H31N5O6S/c23-14(12-34)19(29)26-16(11-13-5-2-1-3-6-13)21(31)27-10-4-7-17(27)20(30)25-15(22(32)33)8-9-18(24)28/h1-3,5-6,14-17,34H,4,7-12,23H2,(H2,24,28)(H,25,30)(H,26,29)(H,32,33). The number of carboxylic acids is 1. The van der Waals surface area contributed by atoms with Crippen LogP contribution in [0.15, 0.2) is 30.3 Å². The first kappa shape index (κ1) is 27.1. The molecule has 1 fully saturated rings. The predicted octanol–water partition coefficient (Wildman–Crippen LogP) is -1.20. The molecular weight excluding hydrogens is 462 g/mol. The van der Waals surface area contributed by atoms with Crippen molar-refractivity contribution in [3.8, 4) is 0 Å². The predicted molar refractivity (Wildman–Crippen MR) is 127 cm³/mol. The van der Waals surface area contributed by atoms with Gasteiger partial charge in [0.05, 0.1) is 6.04 Å². The van der Waals surface area contributed by atoms with E-state index in [0.29, 0.717) is 12.8 Å². The van der Waals surface area contributed by atoms with Gasteiger partial charge in [-0.05, 0) is 24.8 Å². The van der Waals surface area contributed by atoms with Gasteiger partial charge in [0.2, 0.25) is 23.6 Å². The zero-order valence-electron chi connectivity index (χ0n) is 18.7. The maximum atomic E-state index is 13.4. The highest BCUT2D eigenvalue weighted by Crippen LogP contribution is 2.20. The third-order valence-corrected chi connectivity index (χ3v) is 5.96. The Balaban J connectivity index is 2.18. The Morgan fingerprint density at radius 3 is 2.38 bits per heavy atom. The van der Waals surface area contributed by atoms with Crippen molar-refractivity contribution in [2.24, 2.45) is 11.5 Å². The highest BCUT2D eigenvalue weighted by atomic mass is 32.1. The van der Waals surface area contributed by atoms with Gasteiger partial charge in [-0.3, -0.25) is 19.2 Å². The first-order valence-electron chi connectivity index (χ1n) is 11.0. The monoisotopic (exact) mass is 493 g/mol. The number of thiol groups is 1. The molecule has 1 saturated heterocycles. The van der Waals surface area contributed by atoms with E-state index in [1.807, 2.05) is 30.3 Å². The van der Waals surface area contributed by atoms with Gasteiger partial charge in [-0.15, -0.1) is 0 Å². The van der Waals surface area contributed by atoms with Crippen LogP contribution in [0.25, 0.3) is 0 Å². The van der Waals surface area contributed by atoms with Crippen LogP contribution >= 0.6 is 12.6 Å². The Labute approximate surface area is 203 Å². The van der Waals surface area contributed by atoms with Crippen LogP contribution in [0.4, 0.5) is 0 Å². The number of carbonyl (C=O) groups excluding carboxylic acids is 4. The average molecular weight is 494 g/mol. The van der Waals surface area contributed by atoms with Gasteiger partial charge >= 0.3 is 5.97 Å². The van der Waals surface area contributed by atoms with E-state index in [2.05, 4.69) is 23.3 Å². The first-order chi connectivity index (χ1) is 16.1. The molecule has 1 heterocycles. The molecule has 1 aromatic carbocycles. The van der Waals surface area contributed by atoms with Gasteiger partial charge in [0.1, 0.15) is 18.1 Å². The molecule has 12 heteroatoms. The second kappa shape index (κ2) is 12.9. The number of carbonyl (C=O) groups is 5. The molecule has 1 aliphatic rings. The lowest BCUT2D eigenvalue weighted by Crippen LogP contribution is -2.57. The number of rotatable bonds is 12. The van der Waals surface area contributed by atoms with Crippen LogP contribution in [0.2, 0.25) is 0 Å². The Morgan fingerprint density at radius 2 is 1.79 bits per heavy atom. The molecule has 4 atom stereocenters. The smallest absolute Gasteiger partial charge is 0.326 e. The lowest BCUT2D eigenvalue weighted by molar-refractivity contribution is -0.145. The number of nitrogens with zero attached hydrogens (tertiary/aromatic N) is 1. The summed E-state index contributed by atoms with van der Waals surface area (Å²) in [7, 11) is 0. The number of nitrogens with one attached hydrogen (secondary N) is 2. The van der Waals surface area contributed by atoms with Crippen molar-refractivity contribution in [2.75, 3.05) is 12.3 Å². The van der Waals surface area contributed by atoms with Crippen molar-refractivity contribution >= 4 is 42.2 Å². The van der Waals surface area contributed by atoms with Gasteiger partial charge < -0.3 is 32.1 Å². The van der Waals surface area contributed by atoms with Crippen LogP contribution < -0.4 is 22.1 Å². The summed E-state index contributed by atoms with van der Waals surface area (Å²) in [6, 6.07) is 4.97. The molecule has 2 rings (SSSR count). The lowest BCUT2D eigenvalue weighted by Gasteiger charge is -2.30. The highest BCUT2D eigenvalue weighted by Gasteiger charge is 2.39. The number of nitrogens with two attached hydrogens (primary N) is 2. The zero-order valence-corrected chi connectivity index (χ0v) is 19.6. The normalized spacial score (nSPS) is 17.9. The van der Waals surface area contributed by atoms with E-state index < -0.39 is 53.8 Å². The molecule has 0 aromatic heterocycles. The molecule has 34 heavy (non-hydrogen) atoms. The third-order valence-electron chi connectivity index (χ3n) is 5.56. The molecule has 0 saturated carbocycles. The highest BCUT2D eigenvalue weighted by molar-refractivity contribution is 7.80. The lowest BCUT2D eigenvalue weighted by atomic mass is 10.0. The summed E-state index contributed by atoms with van der Waals surface area (Å²) in [6.07, 6.45) is 0.686. The average Bonchev–Trinajstić information content (AvgIpc) is 3.30. The molecule has 0 spiro atoms. The van der Waals surface area contributed by atoms with Crippen LogP contribution in [0.1, 0.15) is 31.2 Å². The van der Waals surface area contributed by atoms with Crippen LogP contribution in [-0.2, 0) is 30.4 Å². The quantitative estimate of drug-likeness (QED) is 0.197. The molecule has 0 radical (unpaired) electrons. The molecular formula is C22H31N5O6S. The number of amides is 4. The Morgan fingerprint density at radius 1 is 1.12 bits per heavy atom. The van der Waals surface area contributed by atoms with Crippen LogP contribution in [0.3, 0.4) is 0 Å². The van der Waals surface area contributed by atoms with E-state index in [1.165, 1.54) is 4.90 Å². The number of likely N-dealkylation sites (tertiary alicyclic amines) is 1. The van der Waals surface area contributed by atoms with Gasteiger partial charge in [-0.2, -0.15) is 12.6 Å². The SMILES string of the molecule is NC(=O)CCC(NC(=O)C1CCCN1C(=O)C(Cc1ccccc1)NC(=O)C(N)CS)C(=O)O. The summed E-state index contributed by atoms with van der Waals surface area (Å²) < 4.78 is 0. The fraction of sp³-hybridized carbons (Fsp3) is 0.500. The Kier molecular flexibility index (Phi) is 10.3. The van der Waals surface area contributed by atoms with Crippen molar-refractivity contribution in [1.29, 1.82) is 0 Å². The molecule has 4 unspecified atom stereocenters. The second-order valence-corrected chi connectivity index (χ2v) is 8.50. The molecule has 4 amide bonds. The summed E-state index contributed by atoms with van der Waals surface area (Å²) >= 11 is 4.02. The zero-order chi connectivity index (χ0) is 25.3. The van der Waals surface area contributed by atoms with Crippen LogP contribution in [-0.4, -0.2) is 76.1 Å². The second-order valence-electron chi connectivity index (χ2n) is 8.13. The van der Waals surface area contributed by atoms with Crippen LogP contribution in [0.5, 0.6) is 0 Å². The van der Waals surface area contributed by atoms with Crippen molar-refractivity contribution in [3.05, 3.63) is 35.9 Å². The van der Waals surface area contributed by atoms with Crippen molar-refractivity contribution in [2.45, 2.75) is 56.3 Å². The maximum absolute atomic E-state index is 13.4. The number of aliphatic carboxylic acids is 1. The minimum Gasteiger partial charge on any atom is -0.480 e. The van der Waals surface area contributed by atoms with Crippen molar-refractivity contribution in [3.63, 3.8) is 0 Å². The fourth-order valence-corrected chi connectivity index (χ4v) is 3.89. The first-order valence-corrected chi connectivity index (χ1v) is 11.6. The van der Waals surface area contributed by atoms with E-state index in [4.69, 9.17) is 11.5 Å². The van der Waals surface area contributed by atoms with E-state index in [0.717, 1.165) is 5.56 Å². The number of benzene rings is 1. The van der Waals surface area contributed by atoms with E-state index >= 15 is 0 Å². The summed E-state index contributed by atoms with van der Waals surface area (Å²) in [4.78, 5) is 62.6. The van der Waals surface area contributed by atoms with Crippen molar-refractivity contribution < 1.29 is 29.1 Å². The number of hydrogen-bond donors (Lipinski definition) is 6. The molecule has 0 aliphatic carbocycles. The summed E-state index contributed by atoms with van der Waals surface area (Å²) in [6.45, 7) is 0.274. The van der Waals surface area contributed by atoms with Gasteiger partial charge in [-0.25, -0.2) is 4.79 Å². The summed E-state index contributed by atoms with van der Waals surface area (Å²) in [5, 5.41) is 14.4. The minimum atomic E-state index is -1.31.